The van der Waals surface area contributed by atoms with Gasteiger partial charge in [-0.2, -0.15) is 0 Å². The van der Waals surface area contributed by atoms with Crippen molar-refractivity contribution in [3.63, 3.8) is 0 Å². The van der Waals surface area contributed by atoms with Gasteiger partial charge >= 0.3 is 0 Å². The van der Waals surface area contributed by atoms with E-state index < -0.39 is 23.8 Å². The predicted molar refractivity (Wildman–Crippen MR) is 110 cm³/mol. The lowest BCUT2D eigenvalue weighted by Crippen LogP contribution is -2.54. The third-order valence-corrected chi connectivity index (χ3v) is 6.42. The minimum absolute atomic E-state index is 0.124. The van der Waals surface area contributed by atoms with E-state index in [1.54, 1.807) is 12.1 Å². The Balaban J connectivity index is 1.42. The molecule has 3 heterocycles. The summed E-state index contributed by atoms with van der Waals surface area (Å²) in [5.41, 5.74) is 1.68. The number of carbonyl (C=O) groups is 4. The highest BCUT2D eigenvalue weighted by Crippen LogP contribution is 2.29. The zero-order chi connectivity index (χ0) is 21.3. The van der Waals surface area contributed by atoms with Gasteiger partial charge in [-0.25, -0.2) is 0 Å². The molecular weight excluding hydrogens is 384 g/mol. The zero-order valence-electron chi connectivity index (χ0n) is 17.3. The molecule has 0 aromatic heterocycles. The molecule has 160 valence electrons. The summed E-state index contributed by atoms with van der Waals surface area (Å²) < 4.78 is 0. The second kappa shape index (κ2) is 8.65. The highest BCUT2D eigenvalue weighted by Gasteiger charge is 2.44. The molecule has 0 saturated carbocycles. The largest absolute Gasteiger partial charge is 0.320 e. The van der Waals surface area contributed by atoms with Gasteiger partial charge in [-0.1, -0.05) is 6.07 Å². The first-order chi connectivity index (χ1) is 14.5. The molecule has 1 aromatic carbocycles. The molecule has 3 aliphatic heterocycles. The molecule has 8 nitrogen and oxygen atoms in total. The Morgan fingerprint density at radius 2 is 1.77 bits per heavy atom. The average Bonchev–Trinajstić information content (AvgIpc) is 2.98. The van der Waals surface area contributed by atoms with E-state index in [-0.39, 0.29) is 18.7 Å². The third-order valence-electron chi connectivity index (χ3n) is 6.42. The quantitative estimate of drug-likeness (QED) is 0.674. The molecule has 30 heavy (non-hydrogen) atoms. The number of imide groups is 2. The van der Waals surface area contributed by atoms with E-state index in [1.807, 2.05) is 13.1 Å². The molecule has 8 heteroatoms. The number of fused-ring (bicyclic) bond motifs is 1. The number of amides is 4. The normalized spacial score (nSPS) is 23.1. The smallest absolute Gasteiger partial charge is 0.262 e. The number of hydrogen-bond acceptors (Lipinski definition) is 6. The monoisotopic (exact) mass is 412 g/mol. The van der Waals surface area contributed by atoms with Gasteiger partial charge in [0.25, 0.3) is 11.8 Å². The number of hydrogen-bond donors (Lipinski definition) is 2. The van der Waals surface area contributed by atoms with Gasteiger partial charge < -0.3 is 5.32 Å². The maximum Gasteiger partial charge on any atom is 0.262 e. The molecule has 4 amide bonds. The fourth-order valence-corrected chi connectivity index (χ4v) is 4.66. The number of nitrogens with one attached hydrogen (secondary N) is 2. The molecule has 2 N–H and O–H groups in total. The van der Waals surface area contributed by atoms with Crippen LogP contribution < -0.4 is 10.6 Å². The Hall–Kier alpha value is -2.58. The Labute approximate surface area is 176 Å². The Kier molecular flexibility index (Phi) is 5.97. The van der Waals surface area contributed by atoms with Crippen molar-refractivity contribution in [3.8, 4) is 0 Å². The minimum atomic E-state index is -0.921. The molecule has 0 spiro atoms. The highest BCUT2D eigenvalue weighted by atomic mass is 16.2. The molecule has 2 fully saturated rings. The van der Waals surface area contributed by atoms with Crippen LogP contribution in [0.4, 0.5) is 0 Å². The van der Waals surface area contributed by atoms with E-state index in [0.717, 1.165) is 42.6 Å². The van der Waals surface area contributed by atoms with Crippen LogP contribution in [0.3, 0.4) is 0 Å². The van der Waals surface area contributed by atoms with Crippen LogP contribution in [-0.4, -0.2) is 66.2 Å². The predicted octanol–water partition coefficient (Wildman–Crippen LogP) is 0.909. The van der Waals surface area contributed by atoms with Crippen LogP contribution >= 0.6 is 0 Å². The summed E-state index contributed by atoms with van der Waals surface area (Å²) in [5, 5.41) is 5.43. The first kappa shape index (κ1) is 20.7. The van der Waals surface area contributed by atoms with Crippen LogP contribution in [0.15, 0.2) is 18.2 Å². The lowest BCUT2D eigenvalue weighted by molar-refractivity contribution is -0.136. The van der Waals surface area contributed by atoms with E-state index in [4.69, 9.17) is 0 Å². The highest BCUT2D eigenvalue weighted by molar-refractivity contribution is 6.23. The molecule has 0 radical (unpaired) electrons. The van der Waals surface area contributed by atoms with E-state index >= 15 is 0 Å². The second-order valence-corrected chi connectivity index (χ2v) is 8.44. The van der Waals surface area contributed by atoms with Crippen LogP contribution in [0.5, 0.6) is 0 Å². The summed E-state index contributed by atoms with van der Waals surface area (Å²) in [6.45, 7) is 3.85. The Bertz CT molecular complexity index is 876. The topological polar surface area (TPSA) is 98.8 Å². The van der Waals surface area contributed by atoms with Gasteiger partial charge in [0.05, 0.1) is 11.1 Å². The van der Waals surface area contributed by atoms with Crippen molar-refractivity contribution in [2.45, 2.75) is 44.7 Å². The lowest BCUT2D eigenvalue weighted by atomic mass is 9.93. The van der Waals surface area contributed by atoms with Crippen molar-refractivity contribution in [1.82, 2.24) is 20.4 Å². The number of piperidine rings is 2. The van der Waals surface area contributed by atoms with Crippen LogP contribution in [0.25, 0.3) is 0 Å². The molecular formula is C22H28N4O4. The summed E-state index contributed by atoms with van der Waals surface area (Å²) >= 11 is 0. The van der Waals surface area contributed by atoms with Crippen LogP contribution in [0, 0.1) is 5.92 Å². The van der Waals surface area contributed by atoms with E-state index in [1.165, 1.54) is 19.3 Å². The van der Waals surface area contributed by atoms with Crippen molar-refractivity contribution in [2.75, 3.05) is 26.7 Å². The number of rotatable bonds is 6. The molecule has 4 rings (SSSR count). The number of carbonyl (C=O) groups excluding carboxylic acids is 4. The Morgan fingerprint density at radius 1 is 1.03 bits per heavy atom. The second-order valence-electron chi connectivity index (χ2n) is 8.44. The SMILES string of the molecule is CNCCC1CCN(Cc2ccc3c(c2)C(=O)N(C2CCC(=O)NC2=O)C3=O)CC1. The number of nitrogens with zero attached hydrogens (tertiary/aromatic N) is 2. The Morgan fingerprint density at radius 3 is 2.47 bits per heavy atom. The van der Waals surface area contributed by atoms with Gasteiger partial charge in [-0.15, -0.1) is 0 Å². The van der Waals surface area contributed by atoms with Crippen LogP contribution in [0.1, 0.15) is 58.4 Å². The van der Waals surface area contributed by atoms with Crippen molar-refractivity contribution < 1.29 is 19.2 Å². The van der Waals surface area contributed by atoms with Gasteiger partial charge in [-0.05, 0) is 76.0 Å². The fraction of sp³-hybridized carbons (Fsp3) is 0.545. The summed E-state index contributed by atoms with van der Waals surface area (Å²) in [7, 11) is 1.98. The van der Waals surface area contributed by atoms with Crippen molar-refractivity contribution >= 4 is 23.6 Å². The van der Waals surface area contributed by atoms with Crippen LogP contribution in [0.2, 0.25) is 0 Å². The molecule has 2 saturated heterocycles. The van der Waals surface area contributed by atoms with Gasteiger partial charge in [0.15, 0.2) is 0 Å². The molecule has 0 bridgehead atoms. The summed E-state index contributed by atoms with van der Waals surface area (Å²) in [6, 6.07) is 4.45. The van der Waals surface area contributed by atoms with Gasteiger partial charge in [0.2, 0.25) is 11.8 Å². The number of benzene rings is 1. The molecule has 1 atom stereocenters. The minimum Gasteiger partial charge on any atom is -0.320 e. The third kappa shape index (κ3) is 4.02. The first-order valence-electron chi connectivity index (χ1n) is 10.7. The summed E-state index contributed by atoms with van der Waals surface area (Å²) in [6.07, 6.45) is 3.85. The molecule has 0 aliphatic carbocycles. The molecule has 1 unspecified atom stereocenters. The number of likely N-dealkylation sites (tertiary alicyclic amines) is 1. The van der Waals surface area contributed by atoms with Crippen molar-refractivity contribution in [1.29, 1.82) is 0 Å². The van der Waals surface area contributed by atoms with E-state index in [0.29, 0.717) is 11.1 Å². The van der Waals surface area contributed by atoms with Gasteiger partial charge in [0, 0.05) is 13.0 Å². The van der Waals surface area contributed by atoms with Crippen molar-refractivity contribution in [3.05, 3.63) is 34.9 Å². The standard InChI is InChI=1S/C22H28N4O4/c1-23-9-6-14-7-10-25(11-8-14)13-15-2-3-16-17(12-15)22(30)26(21(16)29)18-4-5-19(27)24-20(18)28/h2-3,12,14,18,23H,4-11,13H2,1H3,(H,24,27,28). The maximum absolute atomic E-state index is 12.9. The average molecular weight is 412 g/mol. The fourth-order valence-electron chi connectivity index (χ4n) is 4.66. The van der Waals surface area contributed by atoms with E-state index in [2.05, 4.69) is 15.5 Å². The first-order valence-corrected chi connectivity index (χ1v) is 10.7. The van der Waals surface area contributed by atoms with Crippen molar-refractivity contribution in [2.24, 2.45) is 5.92 Å². The molecule has 1 aromatic rings. The van der Waals surface area contributed by atoms with Gasteiger partial charge in [-0.3, -0.25) is 34.3 Å². The maximum atomic E-state index is 12.9. The zero-order valence-corrected chi connectivity index (χ0v) is 17.3. The summed E-state index contributed by atoms with van der Waals surface area (Å²) in [5.74, 6) is -1.10. The molecule has 3 aliphatic rings. The van der Waals surface area contributed by atoms with Crippen LogP contribution in [-0.2, 0) is 16.1 Å². The van der Waals surface area contributed by atoms with Gasteiger partial charge in [0.1, 0.15) is 6.04 Å². The van der Waals surface area contributed by atoms with E-state index in [9.17, 15) is 19.2 Å². The summed E-state index contributed by atoms with van der Waals surface area (Å²) in [4.78, 5) is 52.7. The lowest BCUT2D eigenvalue weighted by Gasteiger charge is -2.32.